The van der Waals surface area contributed by atoms with Crippen molar-refractivity contribution in [1.29, 1.82) is 0 Å². The van der Waals surface area contributed by atoms with Crippen LogP contribution in [0.3, 0.4) is 0 Å². The van der Waals surface area contributed by atoms with Crippen LogP contribution >= 0.6 is 0 Å². The number of hydrogen-bond acceptors (Lipinski definition) is 4. The van der Waals surface area contributed by atoms with Crippen LogP contribution in [0.1, 0.15) is 46.0 Å². The first kappa shape index (κ1) is 20.8. The van der Waals surface area contributed by atoms with E-state index in [4.69, 9.17) is 4.74 Å². The zero-order valence-corrected chi connectivity index (χ0v) is 17.5. The van der Waals surface area contributed by atoms with Gasteiger partial charge in [-0.3, -0.25) is 14.4 Å². The van der Waals surface area contributed by atoms with Gasteiger partial charge in [-0.2, -0.15) is 0 Å². The van der Waals surface area contributed by atoms with Gasteiger partial charge in [0.2, 0.25) is 11.7 Å². The molecule has 0 spiro atoms. The molecule has 0 saturated carbocycles. The summed E-state index contributed by atoms with van der Waals surface area (Å²) in [4.78, 5) is 39.2. The maximum atomic E-state index is 12.5. The number of esters is 1. The number of anilines is 1. The van der Waals surface area contributed by atoms with E-state index in [2.05, 4.69) is 0 Å². The standard InChI is InChI=1S/C24H27NO4/c1-5-18-8-6-7-9-21(18)25-13-19(12-23(25)27)24(28)29-14-22(26)20-11-16(3)15(2)10-17(20)4/h6-11,19H,5,12-14H2,1-4H3/t19-/m1/s1. The van der Waals surface area contributed by atoms with Gasteiger partial charge in [-0.15, -0.1) is 0 Å². The lowest BCUT2D eigenvalue weighted by Gasteiger charge is -2.19. The van der Waals surface area contributed by atoms with Crippen molar-refractivity contribution in [2.45, 2.75) is 40.5 Å². The molecule has 1 amide bonds. The van der Waals surface area contributed by atoms with Crippen molar-refractivity contribution < 1.29 is 19.1 Å². The van der Waals surface area contributed by atoms with E-state index < -0.39 is 11.9 Å². The highest BCUT2D eigenvalue weighted by Crippen LogP contribution is 2.29. The number of rotatable bonds is 6. The lowest BCUT2D eigenvalue weighted by molar-refractivity contribution is -0.147. The minimum atomic E-state index is -0.555. The molecule has 0 unspecified atom stereocenters. The van der Waals surface area contributed by atoms with E-state index in [0.29, 0.717) is 5.56 Å². The average Bonchev–Trinajstić information content (AvgIpc) is 3.10. The number of ketones is 1. The van der Waals surface area contributed by atoms with E-state index >= 15 is 0 Å². The average molecular weight is 393 g/mol. The van der Waals surface area contributed by atoms with Gasteiger partial charge in [0, 0.05) is 24.2 Å². The van der Waals surface area contributed by atoms with Gasteiger partial charge in [-0.1, -0.05) is 31.2 Å². The molecule has 1 atom stereocenters. The molecule has 1 aliphatic rings. The maximum absolute atomic E-state index is 12.5. The van der Waals surface area contributed by atoms with Gasteiger partial charge in [-0.25, -0.2) is 0 Å². The van der Waals surface area contributed by atoms with Crippen LogP contribution in [0.15, 0.2) is 36.4 Å². The number of hydrogen-bond donors (Lipinski definition) is 0. The fourth-order valence-electron chi connectivity index (χ4n) is 3.76. The summed E-state index contributed by atoms with van der Waals surface area (Å²) in [6.07, 6.45) is 0.909. The van der Waals surface area contributed by atoms with Crippen molar-refractivity contribution in [3.8, 4) is 0 Å². The van der Waals surface area contributed by atoms with Gasteiger partial charge in [-0.05, 0) is 61.6 Å². The van der Waals surface area contributed by atoms with Gasteiger partial charge in [0.1, 0.15) is 0 Å². The molecule has 0 N–H and O–H groups in total. The molecule has 0 aliphatic carbocycles. The quantitative estimate of drug-likeness (QED) is 0.551. The molecule has 29 heavy (non-hydrogen) atoms. The lowest BCUT2D eigenvalue weighted by atomic mass is 9.98. The number of para-hydroxylation sites is 1. The van der Waals surface area contributed by atoms with E-state index in [1.165, 1.54) is 0 Å². The highest BCUT2D eigenvalue weighted by Gasteiger charge is 2.37. The summed E-state index contributed by atoms with van der Waals surface area (Å²) in [5.41, 5.74) is 5.49. The number of carbonyl (C=O) groups excluding carboxylic acids is 3. The maximum Gasteiger partial charge on any atom is 0.311 e. The number of aryl methyl sites for hydroxylation is 4. The molecule has 5 heteroatoms. The van der Waals surface area contributed by atoms with Gasteiger partial charge in [0.25, 0.3) is 0 Å². The monoisotopic (exact) mass is 393 g/mol. The van der Waals surface area contributed by atoms with E-state index in [-0.39, 0.29) is 31.3 Å². The molecule has 1 saturated heterocycles. The zero-order chi connectivity index (χ0) is 21.1. The molecule has 5 nitrogen and oxygen atoms in total. The Labute approximate surface area is 171 Å². The van der Waals surface area contributed by atoms with Crippen LogP contribution in [0, 0.1) is 26.7 Å². The Balaban J connectivity index is 1.64. The number of Topliss-reactive ketones (excluding diaryl/α,β-unsaturated/α-hetero) is 1. The van der Waals surface area contributed by atoms with Gasteiger partial charge in [0.15, 0.2) is 6.61 Å². The Morgan fingerprint density at radius 2 is 1.76 bits per heavy atom. The zero-order valence-electron chi connectivity index (χ0n) is 17.5. The van der Waals surface area contributed by atoms with Crippen molar-refractivity contribution in [3.63, 3.8) is 0 Å². The number of nitrogens with zero attached hydrogens (tertiary/aromatic N) is 1. The molecule has 1 aliphatic heterocycles. The Morgan fingerprint density at radius 1 is 1.07 bits per heavy atom. The van der Waals surface area contributed by atoms with Crippen molar-refractivity contribution in [2.75, 3.05) is 18.1 Å². The van der Waals surface area contributed by atoms with Crippen molar-refractivity contribution >= 4 is 23.3 Å². The SMILES string of the molecule is CCc1ccccc1N1C[C@H](C(=O)OCC(=O)c2cc(C)c(C)cc2C)CC1=O. The Bertz CT molecular complexity index is 963. The van der Waals surface area contributed by atoms with Gasteiger partial charge in [0.05, 0.1) is 5.92 Å². The van der Waals surface area contributed by atoms with E-state index in [1.807, 2.05) is 64.1 Å². The molecule has 2 aromatic rings. The summed E-state index contributed by atoms with van der Waals surface area (Å²) >= 11 is 0. The molecule has 1 heterocycles. The Morgan fingerprint density at radius 3 is 2.48 bits per heavy atom. The second-order valence-electron chi connectivity index (χ2n) is 7.67. The molecule has 152 valence electrons. The summed E-state index contributed by atoms with van der Waals surface area (Å²) in [7, 11) is 0. The van der Waals surface area contributed by atoms with Crippen LogP contribution < -0.4 is 4.90 Å². The fourth-order valence-corrected chi connectivity index (χ4v) is 3.76. The molecular formula is C24H27NO4. The highest BCUT2D eigenvalue weighted by atomic mass is 16.5. The van der Waals surface area contributed by atoms with E-state index in [0.717, 1.165) is 34.4 Å². The fraction of sp³-hybridized carbons (Fsp3) is 0.375. The van der Waals surface area contributed by atoms with E-state index in [1.54, 1.807) is 4.90 Å². The molecule has 0 aromatic heterocycles. The van der Waals surface area contributed by atoms with Crippen molar-refractivity contribution in [3.05, 3.63) is 64.2 Å². The van der Waals surface area contributed by atoms with Crippen LogP contribution in [-0.4, -0.2) is 30.8 Å². The predicted molar refractivity (Wildman–Crippen MR) is 112 cm³/mol. The summed E-state index contributed by atoms with van der Waals surface area (Å²) in [5, 5.41) is 0. The number of carbonyl (C=O) groups is 3. The third-order valence-corrected chi connectivity index (χ3v) is 5.61. The topological polar surface area (TPSA) is 63.7 Å². The smallest absolute Gasteiger partial charge is 0.311 e. The minimum Gasteiger partial charge on any atom is -0.457 e. The first-order valence-electron chi connectivity index (χ1n) is 9.97. The van der Waals surface area contributed by atoms with Crippen LogP contribution in [0.25, 0.3) is 0 Å². The van der Waals surface area contributed by atoms with Crippen LogP contribution in [0.5, 0.6) is 0 Å². The second kappa shape index (κ2) is 8.60. The van der Waals surface area contributed by atoms with Gasteiger partial charge < -0.3 is 9.64 Å². The third kappa shape index (κ3) is 4.39. The highest BCUT2D eigenvalue weighted by molar-refractivity contribution is 6.01. The second-order valence-corrected chi connectivity index (χ2v) is 7.67. The molecule has 0 radical (unpaired) electrons. The summed E-state index contributed by atoms with van der Waals surface area (Å²) in [6.45, 7) is 7.83. The molecular weight excluding hydrogens is 366 g/mol. The first-order valence-corrected chi connectivity index (χ1v) is 9.97. The van der Waals surface area contributed by atoms with Crippen molar-refractivity contribution in [2.24, 2.45) is 5.92 Å². The minimum absolute atomic E-state index is 0.0934. The molecule has 1 fully saturated rings. The first-order chi connectivity index (χ1) is 13.8. The van der Waals surface area contributed by atoms with Gasteiger partial charge >= 0.3 is 5.97 Å². The van der Waals surface area contributed by atoms with Crippen LogP contribution in [-0.2, 0) is 20.7 Å². The Kier molecular flexibility index (Phi) is 6.16. The molecule has 3 rings (SSSR count). The lowest BCUT2D eigenvalue weighted by Crippen LogP contribution is -2.28. The number of amides is 1. The Hall–Kier alpha value is -2.95. The normalized spacial score (nSPS) is 16.2. The summed E-state index contributed by atoms with van der Waals surface area (Å²) in [5.74, 6) is -1.37. The molecule has 2 aromatic carbocycles. The predicted octanol–water partition coefficient (Wildman–Crippen LogP) is 3.95. The largest absolute Gasteiger partial charge is 0.457 e. The van der Waals surface area contributed by atoms with Crippen molar-refractivity contribution in [1.82, 2.24) is 0 Å². The third-order valence-electron chi connectivity index (χ3n) is 5.61. The van der Waals surface area contributed by atoms with Crippen LogP contribution in [0.4, 0.5) is 5.69 Å². The van der Waals surface area contributed by atoms with Crippen LogP contribution in [0.2, 0.25) is 0 Å². The van der Waals surface area contributed by atoms with E-state index in [9.17, 15) is 14.4 Å². The number of ether oxygens (including phenoxy) is 1. The summed E-state index contributed by atoms with van der Waals surface area (Å²) in [6, 6.07) is 11.5. The number of benzene rings is 2. The molecule has 0 bridgehead atoms. The summed E-state index contributed by atoms with van der Waals surface area (Å²) < 4.78 is 5.29.